The van der Waals surface area contributed by atoms with Crippen molar-refractivity contribution in [2.24, 2.45) is 10.8 Å². The smallest absolute Gasteiger partial charge is 0.271 e. The monoisotopic (exact) mass is 266 g/mol. The zero-order valence-corrected chi connectivity index (χ0v) is 10.9. The molecule has 0 bridgehead atoms. The van der Waals surface area contributed by atoms with Gasteiger partial charge < -0.3 is 15.8 Å². The Hall–Kier alpha value is -2.15. The lowest BCUT2D eigenvalue weighted by Crippen LogP contribution is -2.28. The van der Waals surface area contributed by atoms with Gasteiger partial charge in [-0.1, -0.05) is 0 Å². The fraction of sp³-hybridized carbons (Fsp3) is 0.182. The van der Waals surface area contributed by atoms with Crippen LogP contribution in [-0.4, -0.2) is 23.8 Å². The topological polar surface area (TPSA) is 88.7 Å². The van der Waals surface area contributed by atoms with Gasteiger partial charge in [-0.15, -0.1) is 0 Å². The summed E-state index contributed by atoms with van der Waals surface area (Å²) in [6.45, 7) is 1.55. The van der Waals surface area contributed by atoms with Gasteiger partial charge in [-0.3, -0.25) is 10.2 Å². The van der Waals surface area contributed by atoms with Crippen LogP contribution in [0.15, 0.2) is 29.4 Å². The molecule has 0 saturated carbocycles. The maximum Gasteiger partial charge on any atom is 0.271 e. The fourth-order valence-electron chi connectivity index (χ4n) is 1.09. The minimum absolute atomic E-state index is 0.00611. The van der Waals surface area contributed by atoms with Crippen molar-refractivity contribution in [1.82, 2.24) is 5.43 Å². The molecule has 1 aromatic carbocycles. The first-order valence-electron chi connectivity index (χ1n) is 5.08. The molecule has 1 rings (SSSR count). The first-order chi connectivity index (χ1) is 8.52. The third-order valence-corrected chi connectivity index (χ3v) is 2.10. The van der Waals surface area contributed by atoms with Gasteiger partial charge in [-0.05, 0) is 43.4 Å². The van der Waals surface area contributed by atoms with Crippen LogP contribution in [0.5, 0.6) is 5.75 Å². The van der Waals surface area contributed by atoms with E-state index >= 15 is 0 Å². The minimum atomic E-state index is -0.344. The molecule has 4 N–H and O–H groups in total. The molecule has 0 radical (unpaired) electrons. The molecule has 1 amide bonds. The van der Waals surface area contributed by atoms with E-state index in [1.165, 1.54) is 0 Å². The average molecular weight is 266 g/mol. The van der Waals surface area contributed by atoms with Crippen LogP contribution in [0.4, 0.5) is 5.69 Å². The number of nitrogens with two attached hydrogens (primary N) is 1. The van der Waals surface area contributed by atoms with Crippen LogP contribution in [0, 0.1) is 0 Å². The molecule has 0 aliphatic carbocycles. The Morgan fingerprint density at radius 2 is 2.00 bits per heavy atom. The van der Waals surface area contributed by atoms with Crippen molar-refractivity contribution in [1.29, 1.82) is 0 Å². The number of carbonyl (C=O) groups excluding carboxylic acids is 1. The molecular weight excluding hydrogens is 252 g/mol. The summed E-state index contributed by atoms with van der Waals surface area (Å²) in [5, 5.41) is 6.39. The Balaban J connectivity index is 2.63. The highest BCUT2D eigenvalue weighted by molar-refractivity contribution is 7.80. The summed E-state index contributed by atoms with van der Waals surface area (Å²) in [7, 11) is 1.58. The molecular formula is C11H14N4O2S. The predicted octanol–water partition coefficient (Wildman–Crippen LogP) is 0.843. The van der Waals surface area contributed by atoms with E-state index in [0.29, 0.717) is 11.4 Å². The first kappa shape index (κ1) is 13.9. The molecule has 0 spiro atoms. The highest BCUT2D eigenvalue weighted by Gasteiger charge is 2.06. The average Bonchev–Trinajstić information content (AvgIpc) is 2.36. The summed E-state index contributed by atoms with van der Waals surface area (Å²) in [6, 6.07) is 6.95. The number of thiocarbonyl (C=S) groups is 1. The van der Waals surface area contributed by atoms with Gasteiger partial charge in [0.25, 0.3) is 5.91 Å². The van der Waals surface area contributed by atoms with E-state index in [1.54, 1.807) is 38.3 Å². The van der Waals surface area contributed by atoms with Crippen LogP contribution in [0.25, 0.3) is 0 Å². The van der Waals surface area contributed by atoms with Crippen molar-refractivity contribution >= 4 is 34.6 Å². The number of hydrogen-bond donors (Lipinski definition) is 3. The molecule has 0 aliphatic heterocycles. The van der Waals surface area contributed by atoms with Crippen molar-refractivity contribution < 1.29 is 9.53 Å². The number of amides is 1. The fourth-order valence-corrected chi connectivity index (χ4v) is 1.13. The lowest BCUT2D eigenvalue weighted by Gasteiger charge is -2.06. The van der Waals surface area contributed by atoms with E-state index in [-0.39, 0.29) is 16.7 Å². The van der Waals surface area contributed by atoms with Crippen LogP contribution in [0.3, 0.4) is 0 Å². The van der Waals surface area contributed by atoms with E-state index in [9.17, 15) is 4.79 Å². The second-order valence-corrected chi connectivity index (χ2v) is 3.80. The third-order valence-electron chi connectivity index (χ3n) is 2.01. The van der Waals surface area contributed by atoms with Crippen molar-refractivity contribution in [3.63, 3.8) is 0 Å². The molecule has 0 heterocycles. The molecule has 0 aliphatic rings. The number of methoxy groups -OCH3 is 1. The molecule has 0 fully saturated rings. The highest BCUT2D eigenvalue weighted by Crippen LogP contribution is 2.14. The second kappa shape index (κ2) is 6.55. The Morgan fingerprint density at radius 3 is 2.50 bits per heavy atom. The molecule has 1 aromatic rings. The number of benzene rings is 1. The summed E-state index contributed by atoms with van der Waals surface area (Å²) in [6.07, 6.45) is 0. The number of hydrogen-bond acceptors (Lipinski definition) is 4. The molecule has 0 atom stereocenters. The summed E-state index contributed by atoms with van der Waals surface area (Å²) in [4.78, 5) is 11.7. The number of rotatable bonds is 4. The van der Waals surface area contributed by atoms with Crippen molar-refractivity contribution in [2.75, 3.05) is 12.4 Å². The van der Waals surface area contributed by atoms with Gasteiger partial charge in [0.2, 0.25) is 0 Å². The molecule has 18 heavy (non-hydrogen) atoms. The van der Waals surface area contributed by atoms with Gasteiger partial charge in [0.15, 0.2) is 5.11 Å². The molecule has 0 unspecified atom stereocenters. The number of hydrazone groups is 1. The number of anilines is 1. The Kier molecular flexibility index (Phi) is 5.06. The van der Waals surface area contributed by atoms with Crippen molar-refractivity contribution in [3.05, 3.63) is 24.3 Å². The SMILES string of the molecule is COc1ccc(NC(=O)C(C)=NNC(N)=S)cc1. The quantitative estimate of drug-likeness (QED) is 0.427. The van der Waals surface area contributed by atoms with Gasteiger partial charge in [0, 0.05) is 5.69 Å². The van der Waals surface area contributed by atoms with E-state index in [2.05, 4.69) is 28.1 Å². The number of carbonyl (C=O) groups is 1. The Morgan fingerprint density at radius 1 is 1.39 bits per heavy atom. The zero-order chi connectivity index (χ0) is 13.5. The van der Waals surface area contributed by atoms with E-state index in [4.69, 9.17) is 10.5 Å². The highest BCUT2D eigenvalue weighted by atomic mass is 32.1. The number of nitrogens with zero attached hydrogens (tertiary/aromatic N) is 1. The van der Waals surface area contributed by atoms with Crippen LogP contribution in [0.2, 0.25) is 0 Å². The summed E-state index contributed by atoms with van der Waals surface area (Å²) in [5.74, 6) is 0.373. The molecule has 7 heteroatoms. The normalized spacial score (nSPS) is 10.7. The van der Waals surface area contributed by atoms with Gasteiger partial charge >= 0.3 is 0 Å². The Bertz CT molecular complexity index is 470. The Labute approximate surface area is 110 Å². The largest absolute Gasteiger partial charge is 0.497 e. The molecule has 0 aromatic heterocycles. The second-order valence-electron chi connectivity index (χ2n) is 3.36. The van der Waals surface area contributed by atoms with Crippen LogP contribution >= 0.6 is 12.2 Å². The molecule has 96 valence electrons. The summed E-state index contributed by atoms with van der Waals surface area (Å²) >= 11 is 4.57. The number of ether oxygens (including phenoxy) is 1. The third kappa shape index (κ3) is 4.38. The zero-order valence-electron chi connectivity index (χ0n) is 10.1. The summed E-state index contributed by atoms with van der Waals surface area (Å²) < 4.78 is 5.01. The first-order valence-corrected chi connectivity index (χ1v) is 5.49. The van der Waals surface area contributed by atoms with E-state index in [0.717, 1.165) is 0 Å². The van der Waals surface area contributed by atoms with Gasteiger partial charge in [-0.25, -0.2) is 0 Å². The minimum Gasteiger partial charge on any atom is -0.497 e. The molecule has 6 nitrogen and oxygen atoms in total. The lowest BCUT2D eigenvalue weighted by molar-refractivity contribution is -0.110. The standard InChI is InChI=1S/C11H14N4O2S/c1-7(14-15-11(12)18)10(16)13-8-3-5-9(17-2)6-4-8/h3-6H,1-2H3,(H,13,16)(H3,12,15,18). The van der Waals surface area contributed by atoms with Crippen LogP contribution in [-0.2, 0) is 4.79 Å². The lowest BCUT2D eigenvalue weighted by atomic mass is 10.3. The van der Waals surface area contributed by atoms with E-state index < -0.39 is 0 Å². The molecule has 0 saturated heterocycles. The van der Waals surface area contributed by atoms with Gasteiger partial charge in [-0.2, -0.15) is 5.10 Å². The van der Waals surface area contributed by atoms with Gasteiger partial charge in [0.05, 0.1) is 7.11 Å². The summed E-state index contributed by atoms with van der Waals surface area (Å²) in [5.41, 5.74) is 8.40. The van der Waals surface area contributed by atoms with Crippen molar-refractivity contribution in [3.8, 4) is 5.75 Å². The van der Waals surface area contributed by atoms with E-state index in [1.807, 2.05) is 0 Å². The van der Waals surface area contributed by atoms with Crippen molar-refractivity contribution in [2.45, 2.75) is 6.92 Å². The maximum atomic E-state index is 11.7. The van der Waals surface area contributed by atoms with Gasteiger partial charge in [0.1, 0.15) is 11.5 Å². The van der Waals surface area contributed by atoms with Crippen LogP contribution in [0.1, 0.15) is 6.92 Å². The van der Waals surface area contributed by atoms with Crippen LogP contribution < -0.4 is 21.2 Å². The maximum absolute atomic E-state index is 11.7. The number of nitrogens with one attached hydrogen (secondary N) is 2. The predicted molar refractivity (Wildman–Crippen MR) is 74.7 cm³/mol.